The summed E-state index contributed by atoms with van der Waals surface area (Å²) in [7, 11) is 0. The maximum Gasteiger partial charge on any atom is 0.273 e. The quantitative estimate of drug-likeness (QED) is 0.833. The molecule has 0 aliphatic carbocycles. The van der Waals surface area contributed by atoms with Gasteiger partial charge >= 0.3 is 0 Å². The van der Waals surface area contributed by atoms with E-state index in [4.69, 9.17) is 0 Å². The largest absolute Gasteiger partial charge is 0.340 e. The maximum absolute atomic E-state index is 13.1. The van der Waals surface area contributed by atoms with Crippen molar-refractivity contribution in [3.05, 3.63) is 27.7 Å². The number of carbonyl (C=O) groups is 2. The van der Waals surface area contributed by atoms with E-state index in [2.05, 4.69) is 15.2 Å². The van der Waals surface area contributed by atoms with E-state index in [0.717, 1.165) is 19.4 Å². The fourth-order valence-corrected chi connectivity index (χ4v) is 4.52. The second-order valence-electron chi connectivity index (χ2n) is 8.08. The van der Waals surface area contributed by atoms with Crippen LogP contribution in [0, 0.1) is 12.3 Å². The SMILES string of the molecule is Cc1cc(C(=O)N2CC[C@@]3(CCCN(C(C)C)C3=O)C2)nc2[nH][nH]c(=O)c12. The van der Waals surface area contributed by atoms with Crippen LogP contribution in [0.1, 0.15) is 49.2 Å². The van der Waals surface area contributed by atoms with Crippen molar-refractivity contribution in [2.24, 2.45) is 5.41 Å². The van der Waals surface area contributed by atoms with E-state index >= 15 is 0 Å². The highest BCUT2D eigenvalue weighted by Gasteiger charge is 2.50. The summed E-state index contributed by atoms with van der Waals surface area (Å²) in [5.74, 6) is -0.0120. The average Bonchev–Trinajstić information content (AvgIpc) is 3.22. The Morgan fingerprint density at radius 2 is 2.00 bits per heavy atom. The summed E-state index contributed by atoms with van der Waals surface area (Å²) < 4.78 is 0. The van der Waals surface area contributed by atoms with Crippen molar-refractivity contribution in [2.45, 2.75) is 46.1 Å². The molecule has 2 aliphatic rings. The normalized spacial score (nSPS) is 23.2. The molecule has 0 unspecified atom stereocenters. The van der Waals surface area contributed by atoms with Gasteiger partial charge in [-0.05, 0) is 51.7 Å². The Kier molecular flexibility index (Phi) is 4.09. The fraction of sp³-hybridized carbons (Fsp3) is 0.579. The Morgan fingerprint density at radius 3 is 2.74 bits per heavy atom. The summed E-state index contributed by atoms with van der Waals surface area (Å²) in [5.41, 5.74) is 0.697. The van der Waals surface area contributed by atoms with Gasteiger partial charge in [0.15, 0.2) is 5.65 Å². The van der Waals surface area contributed by atoms with Gasteiger partial charge in [-0.3, -0.25) is 24.6 Å². The third-order valence-electron chi connectivity index (χ3n) is 5.99. The number of fused-ring (bicyclic) bond motifs is 1. The number of amides is 2. The van der Waals surface area contributed by atoms with Crippen LogP contribution >= 0.6 is 0 Å². The molecule has 4 heterocycles. The number of nitrogens with one attached hydrogen (secondary N) is 2. The lowest BCUT2D eigenvalue weighted by molar-refractivity contribution is -0.147. The van der Waals surface area contributed by atoms with Crippen molar-refractivity contribution in [1.82, 2.24) is 25.0 Å². The number of aryl methyl sites for hydroxylation is 1. The lowest BCUT2D eigenvalue weighted by Crippen LogP contribution is -2.52. The Morgan fingerprint density at radius 1 is 1.22 bits per heavy atom. The minimum absolute atomic E-state index is 0.175. The molecule has 1 spiro atoms. The molecule has 0 radical (unpaired) electrons. The Hall–Kier alpha value is -2.64. The average molecular weight is 371 g/mol. The minimum Gasteiger partial charge on any atom is -0.340 e. The first-order chi connectivity index (χ1) is 12.8. The Balaban J connectivity index is 1.59. The number of pyridine rings is 1. The zero-order valence-electron chi connectivity index (χ0n) is 16.0. The van der Waals surface area contributed by atoms with Crippen LogP contribution in [0.4, 0.5) is 0 Å². The molecule has 27 heavy (non-hydrogen) atoms. The van der Waals surface area contributed by atoms with Gasteiger partial charge in [-0.15, -0.1) is 0 Å². The first-order valence-corrected chi connectivity index (χ1v) is 9.51. The molecule has 8 heteroatoms. The van der Waals surface area contributed by atoms with Crippen LogP contribution in [0.5, 0.6) is 0 Å². The highest BCUT2D eigenvalue weighted by atomic mass is 16.2. The van der Waals surface area contributed by atoms with Crippen molar-refractivity contribution >= 4 is 22.8 Å². The van der Waals surface area contributed by atoms with E-state index in [1.807, 2.05) is 18.7 Å². The summed E-state index contributed by atoms with van der Waals surface area (Å²) in [6.07, 6.45) is 2.50. The molecule has 2 amide bonds. The van der Waals surface area contributed by atoms with Gasteiger partial charge in [0.2, 0.25) is 5.91 Å². The van der Waals surface area contributed by atoms with Crippen LogP contribution in [0.2, 0.25) is 0 Å². The van der Waals surface area contributed by atoms with Gasteiger partial charge in [-0.2, -0.15) is 0 Å². The molecule has 8 nitrogen and oxygen atoms in total. The molecule has 4 rings (SSSR count). The smallest absolute Gasteiger partial charge is 0.273 e. The molecule has 2 fully saturated rings. The lowest BCUT2D eigenvalue weighted by atomic mass is 9.78. The van der Waals surface area contributed by atoms with Crippen LogP contribution in [0.3, 0.4) is 0 Å². The van der Waals surface area contributed by atoms with E-state index in [9.17, 15) is 14.4 Å². The van der Waals surface area contributed by atoms with Gasteiger partial charge in [0.25, 0.3) is 11.5 Å². The molecule has 2 N–H and O–H groups in total. The van der Waals surface area contributed by atoms with Crippen LogP contribution in [0.25, 0.3) is 11.0 Å². The number of likely N-dealkylation sites (tertiary alicyclic amines) is 2. The third-order valence-corrected chi connectivity index (χ3v) is 5.99. The predicted molar refractivity (Wildman–Crippen MR) is 100 cm³/mol. The second kappa shape index (κ2) is 6.21. The van der Waals surface area contributed by atoms with E-state index < -0.39 is 5.41 Å². The van der Waals surface area contributed by atoms with E-state index in [0.29, 0.717) is 41.8 Å². The lowest BCUT2D eigenvalue weighted by Gasteiger charge is -2.41. The van der Waals surface area contributed by atoms with Gasteiger partial charge < -0.3 is 9.80 Å². The highest BCUT2D eigenvalue weighted by Crippen LogP contribution is 2.41. The number of hydrogen-bond acceptors (Lipinski definition) is 4. The van der Waals surface area contributed by atoms with Gasteiger partial charge in [-0.1, -0.05) is 0 Å². The van der Waals surface area contributed by atoms with Crippen LogP contribution in [-0.2, 0) is 4.79 Å². The molecule has 0 bridgehead atoms. The van der Waals surface area contributed by atoms with Crippen molar-refractivity contribution in [3.63, 3.8) is 0 Å². The molecule has 0 aromatic carbocycles. The number of aromatic amines is 2. The summed E-state index contributed by atoms with van der Waals surface area (Å²) in [6, 6.07) is 1.83. The number of aromatic nitrogens is 3. The number of carbonyl (C=O) groups excluding carboxylic acids is 2. The molecule has 2 saturated heterocycles. The molecule has 2 aromatic heterocycles. The molecular weight excluding hydrogens is 346 g/mol. The summed E-state index contributed by atoms with van der Waals surface area (Å²) >= 11 is 0. The summed E-state index contributed by atoms with van der Waals surface area (Å²) in [6.45, 7) is 7.66. The van der Waals surface area contributed by atoms with Gasteiger partial charge in [-0.25, -0.2) is 4.98 Å². The van der Waals surface area contributed by atoms with Crippen LogP contribution < -0.4 is 5.56 Å². The van der Waals surface area contributed by atoms with Crippen molar-refractivity contribution in [1.29, 1.82) is 0 Å². The second-order valence-corrected chi connectivity index (χ2v) is 8.08. The molecule has 2 aliphatic heterocycles. The number of rotatable bonds is 2. The highest BCUT2D eigenvalue weighted by molar-refractivity contribution is 5.96. The van der Waals surface area contributed by atoms with Gasteiger partial charge in [0, 0.05) is 25.7 Å². The molecule has 0 saturated carbocycles. The topological polar surface area (TPSA) is 102 Å². The van der Waals surface area contributed by atoms with Crippen LogP contribution in [-0.4, -0.2) is 62.5 Å². The third kappa shape index (κ3) is 2.74. The van der Waals surface area contributed by atoms with Crippen molar-refractivity contribution in [3.8, 4) is 0 Å². The zero-order chi connectivity index (χ0) is 19.3. The zero-order valence-corrected chi connectivity index (χ0v) is 16.0. The summed E-state index contributed by atoms with van der Waals surface area (Å²) in [5, 5.41) is 5.69. The maximum atomic E-state index is 13.1. The van der Waals surface area contributed by atoms with Gasteiger partial charge in [0.05, 0.1) is 10.8 Å². The predicted octanol–water partition coefficient (Wildman–Crippen LogP) is 1.42. The summed E-state index contributed by atoms with van der Waals surface area (Å²) in [4.78, 5) is 45.9. The molecular formula is C19H25N5O3. The monoisotopic (exact) mass is 371 g/mol. The standard InChI is InChI=1S/C19H25N5O3/c1-11(2)24-7-4-5-19(18(24)27)6-8-23(10-19)17(26)13-9-12(3)14-15(20-13)21-22-16(14)25/h9,11H,4-8,10H2,1-3H3,(H2,20,21,22,25)/t19-/m0/s1. The minimum atomic E-state index is -0.459. The first-order valence-electron chi connectivity index (χ1n) is 9.51. The number of H-pyrrole nitrogens is 2. The van der Waals surface area contributed by atoms with Gasteiger partial charge in [0.1, 0.15) is 5.69 Å². The fourth-order valence-electron chi connectivity index (χ4n) is 4.52. The van der Waals surface area contributed by atoms with E-state index in [-0.39, 0.29) is 23.4 Å². The Labute approximate surface area is 156 Å². The van der Waals surface area contributed by atoms with Crippen molar-refractivity contribution in [2.75, 3.05) is 19.6 Å². The van der Waals surface area contributed by atoms with Crippen molar-refractivity contribution < 1.29 is 9.59 Å². The number of hydrogen-bond donors (Lipinski definition) is 2. The number of nitrogens with zero attached hydrogens (tertiary/aromatic N) is 3. The van der Waals surface area contributed by atoms with E-state index in [1.54, 1.807) is 17.9 Å². The number of piperidine rings is 1. The molecule has 1 atom stereocenters. The molecule has 144 valence electrons. The molecule has 2 aromatic rings. The van der Waals surface area contributed by atoms with Crippen LogP contribution in [0.15, 0.2) is 10.9 Å². The van der Waals surface area contributed by atoms with E-state index in [1.165, 1.54) is 0 Å². The Bertz CT molecular complexity index is 975. The first kappa shape index (κ1) is 17.8.